The zero-order chi connectivity index (χ0) is 62.4. The van der Waals surface area contributed by atoms with E-state index >= 15 is 0 Å². The SMILES string of the molecule is c1ccc(-c2ccc([Si](c3ccccc3)(c3ccccc3)c3cc(-c4ccccc4)c(-n4c5ccccc5c5cc(-n6c7ccccc7c7cccc(-c8ccccc8[Si](c8ccccc8)(c8ccccc8)c8ccccc8)c76)ccc54)c(-c4ccccc4)c3)cc2)cc1. The normalized spacial score (nSPS) is 11.8. The number of hydrogen-bond acceptors (Lipinski definition) is 0. The predicted octanol–water partition coefficient (Wildman–Crippen LogP) is 17.3. The summed E-state index contributed by atoms with van der Waals surface area (Å²) in [6.45, 7) is 0. The van der Waals surface area contributed by atoms with Gasteiger partial charge >= 0.3 is 0 Å². The summed E-state index contributed by atoms with van der Waals surface area (Å²) >= 11 is 0. The van der Waals surface area contributed by atoms with Crippen LogP contribution in [0.5, 0.6) is 0 Å². The van der Waals surface area contributed by atoms with Crippen molar-refractivity contribution in [3.8, 4) is 55.9 Å². The van der Waals surface area contributed by atoms with E-state index in [0.717, 1.165) is 39.1 Å². The van der Waals surface area contributed by atoms with E-state index in [0.29, 0.717) is 0 Å². The Morgan fingerprint density at radius 3 is 1.06 bits per heavy atom. The third-order valence-corrected chi connectivity index (χ3v) is 29.2. The quantitative estimate of drug-likeness (QED) is 0.0759. The van der Waals surface area contributed by atoms with Crippen LogP contribution in [0.25, 0.3) is 99.5 Å². The lowest BCUT2D eigenvalue weighted by Gasteiger charge is -2.36. The summed E-state index contributed by atoms with van der Waals surface area (Å²) in [4.78, 5) is 0. The fourth-order valence-electron chi connectivity index (χ4n) is 15.6. The summed E-state index contributed by atoms with van der Waals surface area (Å²) in [6, 6.07) is 146. The van der Waals surface area contributed by atoms with Gasteiger partial charge in [-0.25, -0.2) is 0 Å². The van der Waals surface area contributed by atoms with Crippen LogP contribution in [0.4, 0.5) is 0 Å². The van der Waals surface area contributed by atoms with Gasteiger partial charge in [-0.2, -0.15) is 0 Å². The van der Waals surface area contributed by atoms with Gasteiger partial charge in [-0.15, -0.1) is 0 Å². The molecule has 15 aromatic carbocycles. The summed E-state index contributed by atoms with van der Waals surface area (Å²) in [6.07, 6.45) is 0. The maximum atomic E-state index is 2.58. The Hall–Kier alpha value is -11.7. The van der Waals surface area contributed by atoms with Crippen molar-refractivity contribution in [3.63, 3.8) is 0 Å². The highest BCUT2D eigenvalue weighted by molar-refractivity contribution is 7.21. The van der Waals surface area contributed by atoms with E-state index in [4.69, 9.17) is 0 Å². The predicted molar refractivity (Wildman–Crippen MR) is 404 cm³/mol. The molecular formula is C90H64N2Si2. The number of aromatic nitrogens is 2. The van der Waals surface area contributed by atoms with E-state index in [1.165, 1.54) is 102 Å². The van der Waals surface area contributed by atoms with Crippen LogP contribution >= 0.6 is 0 Å². The number of rotatable bonds is 14. The van der Waals surface area contributed by atoms with E-state index in [9.17, 15) is 0 Å². The monoisotopic (exact) mass is 1230 g/mol. The Labute approximate surface area is 550 Å². The van der Waals surface area contributed by atoms with Gasteiger partial charge < -0.3 is 9.13 Å². The zero-order valence-electron chi connectivity index (χ0n) is 51.8. The molecule has 0 aliphatic rings. The fourth-order valence-corrected chi connectivity index (χ4v) is 25.4. The highest BCUT2D eigenvalue weighted by atomic mass is 28.3. The zero-order valence-corrected chi connectivity index (χ0v) is 53.8. The minimum atomic E-state index is -3.16. The third kappa shape index (κ3) is 9.21. The minimum absolute atomic E-state index is 1.10. The van der Waals surface area contributed by atoms with Crippen LogP contribution in [0.2, 0.25) is 0 Å². The molecule has 2 aromatic heterocycles. The van der Waals surface area contributed by atoms with Gasteiger partial charge in [0.2, 0.25) is 0 Å². The van der Waals surface area contributed by atoms with Gasteiger partial charge in [0.05, 0.1) is 27.8 Å². The smallest absolute Gasteiger partial charge is 0.180 e. The second-order valence-corrected chi connectivity index (χ2v) is 32.2. The molecule has 0 aliphatic heterocycles. The molecule has 0 fully saturated rings. The van der Waals surface area contributed by atoms with Crippen LogP contribution < -0.4 is 41.5 Å². The number of nitrogens with zero attached hydrogens (tertiary/aromatic N) is 2. The molecule has 442 valence electrons. The third-order valence-electron chi connectivity index (χ3n) is 19.6. The Kier molecular flexibility index (Phi) is 14.3. The largest absolute Gasteiger partial charge is 0.309 e. The molecule has 4 heteroatoms. The Bertz CT molecular complexity index is 5360. The van der Waals surface area contributed by atoms with Crippen molar-refractivity contribution in [3.05, 3.63) is 388 Å². The fraction of sp³-hybridized carbons (Fsp3) is 0. The number of benzene rings is 15. The first-order chi connectivity index (χ1) is 46.7. The molecule has 17 aromatic rings. The van der Waals surface area contributed by atoms with Crippen LogP contribution in [0.1, 0.15) is 0 Å². The molecule has 0 radical (unpaired) electrons. The van der Waals surface area contributed by atoms with Gasteiger partial charge in [0.1, 0.15) is 0 Å². The standard InChI is InChI=1S/C90H64N2Si2/c1-9-32-65(33-10-1)66-56-59-75(60-57-66)93(70-38-15-4-16-39-70,71-40-17-5-18-41-71)76-63-82(67-34-11-2-12-35-67)90(83(64-76)68-36-13-3-14-37-68)92-86-54-29-26-49-78(86)84-62-69(58-61-87(84)92)91-85-53-28-25-48-77(85)80-51-31-52-81(89(80)91)79-50-27-30-55-88(79)94(72-42-19-6-20-43-72,73-44-21-7-22-45-73)74-46-23-8-24-47-74/h1-64H. The average Bonchev–Trinajstić information content (AvgIpc) is 1.35. The molecule has 0 atom stereocenters. The molecule has 0 aliphatic carbocycles. The van der Waals surface area contributed by atoms with Crippen molar-refractivity contribution in [1.29, 1.82) is 0 Å². The van der Waals surface area contributed by atoms with Crippen molar-refractivity contribution in [2.75, 3.05) is 0 Å². The average molecular weight is 1230 g/mol. The van der Waals surface area contributed by atoms with E-state index in [1.54, 1.807) is 0 Å². The minimum Gasteiger partial charge on any atom is -0.309 e. The molecular weight excluding hydrogens is 1170 g/mol. The summed E-state index contributed by atoms with van der Waals surface area (Å²) in [7, 11) is -6.15. The maximum absolute atomic E-state index is 3.16. The highest BCUT2D eigenvalue weighted by Crippen LogP contribution is 2.44. The summed E-state index contributed by atoms with van der Waals surface area (Å²) in [5.74, 6) is 0. The van der Waals surface area contributed by atoms with E-state index in [-0.39, 0.29) is 0 Å². The van der Waals surface area contributed by atoms with Crippen molar-refractivity contribution >= 4 is 101 Å². The van der Waals surface area contributed by atoms with Gasteiger partial charge in [0.15, 0.2) is 16.1 Å². The molecule has 2 heterocycles. The first kappa shape index (κ1) is 56.3. The molecule has 0 saturated carbocycles. The lowest BCUT2D eigenvalue weighted by molar-refractivity contribution is 1.17. The highest BCUT2D eigenvalue weighted by Gasteiger charge is 2.45. The molecule has 0 amide bonds. The molecule has 0 saturated heterocycles. The number of para-hydroxylation sites is 3. The topological polar surface area (TPSA) is 9.86 Å². The summed E-state index contributed by atoms with van der Waals surface area (Å²) < 4.78 is 5.14. The van der Waals surface area contributed by atoms with Gasteiger partial charge in [0.25, 0.3) is 0 Å². The van der Waals surface area contributed by atoms with Crippen molar-refractivity contribution in [2.45, 2.75) is 0 Å². The molecule has 0 N–H and O–H groups in total. The summed E-state index contributed by atoms with van der Waals surface area (Å²) in [5, 5.41) is 15.5. The number of hydrogen-bond donors (Lipinski definition) is 0. The lowest BCUT2D eigenvalue weighted by Crippen LogP contribution is -2.75. The van der Waals surface area contributed by atoms with Gasteiger partial charge in [-0.3, -0.25) is 0 Å². The van der Waals surface area contributed by atoms with E-state index in [2.05, 4.69) is 397 Å². The van der Waals surface area contributed by atoms with E-state index < -0.39 is 16.1 Å². The van der Waals surface area contributed by atoms with Crippen LogP contribution in [0.3, 0.4) is 0 Å². The van der Waals surface area contributed by atoms with Crippen molar-refractivity contribution < 1.29 is 0 Å². The Balaban J connectivity index is 0.934. The first-order valence-electron chi connectivity index (χ1n) is 32.6. The van der Waals surface area contributed by atoms with Crippen molar-refractivity contribution in [1.82, 2.24) is 9.13 Å². The Morgan fingerprint density at radius 1 is 0.191 bits per heavy atom. The molecule has 0 spiro atoms. The first-order valence-corrected chi connectivity index (χ1v) is 36.6. The van der Waals surface area contributed by atoms with Gasteiger partial charge in [0, 0.05) is 43.9 Å². The van der Waals surface area contributed by atoms with Crippen LogP contribution in [-0.4, -0.2) is 25.3 Å². The molecule has 0 bridgehead atoms. The molecule has 0 unspecified atom stereocenters. The van der Waals surface area contributed by atoms with Crippen molar-refractivity contribution in [2.24, 2.45) is 0 Å². The van der Waals surface area contributed by atoms with Gasteiger partial charge in [-0.05, 0) is 99.6 Å². The van der Waals surface area contributed by atoms with E-state index in [1.807, 2.05) is 0 Å². The van der Waals surface area contributed by atoms with Crippen LogP contribution in [-0.2, 0) is 0 Å². The van der Waals surface area contributed by atoms with Crippen LogP contribution in [0, 0.1) is 0 Å². The number of fused-ring (bicyclic) bond motifs is 6. The second kappa shape index (κ2) is 23.9. The molecule has 17 rings (SSSR count). The summed E-state index contributed by atoms with van der Waals surface area (Å²) in [5.41, 5.74) is 16.3. The molecule has 94 heavy (non-hydrogen) atoms. The maximum Gasteiger partial charge on any atom is 0.180 e. The second-order valence-electron chi connectivity index (χ2n) is 24.6. The Morgan fingerprint density at radius 2 is 0.553 bits per heavy atom. The lowest BCUT2D eigenvalue weighted by atomic mass is 9.95. The van der Waals surface area contributed by atoms with Crippen LogP contribution in [0.15, 0.2) is 388 Å². The van der Waals surface area contributed by atoms with Gasteiger partial charge in [-0.1, -0.05) is 358 Å². The molecule has 2 nitrogen and oxygen atoms in total.